The maximum absolute atomic E-state index is 5.01. The van der Waals surface area contributed by atoms with E-state index in [4.69, 9.17) is 10.5 Å². The molecule has 0 atom stereocenters. The molecule has 1 rings (SSSR count). The van der Waals surface area contributed by atoms with E-state index in [2.05, 4.69) is 38.1 Å². The smallest absolute Gasteiger partial charge is 0.0587 e. The van der Waals surface area contributed by atoms with Gasteiger partial charge in [0.1, 0.15) is 0 Å². The Kier molecular flexibility index (Phi) is 12.7. The van der Waals surface area contributed by atoms with E-state index < -0.39 is 0 Å². The van der Waals surface area contributed by atoms with E-state index in [0.29, 0.717) is 13.2 Å². The third kappa shape index (κ3) is 10.7. The molecule has 1 aromatic rings. The Balaban J connectivity index is 0.000000494. The summed E-state index contributed by atoms with van der Waals surface area (Å²) in [5, 5.41) is 3.28. The molecule has 0 aliphatic rings. The molecular formula is C13H23BrN2O2. The van der Waals surface area contributed by atoms with Gasteiger partial charge < -0.3 is 20.5 Å². The van der Waals surface area contributed by atoms with Gasteiger partial charge in [0.15, 0.2) is 0 Å². The quantitative estimate of drug-likeness (QED) is 0.752. The Labute approximate surface area is 118 Å². The molecule has 0 saturated carbocycles. The Morgan fingerprint density at radius 1 is 1.11 bits per heavy atom. The third-order valence-corrected chi connectivity index (χ3v) is 2.58. The minimum Gasteiger partial charge on any atom is -0.383 e. The lowest BCUT2D eigenvalue weighted by Crippen LogP contribution is -2.18. The van der Waals surface area contributed by atoms with Crippen LogP contribution in [0.5, 0.6) is 0 Å². The molecule has 0 bridgehead atoms. The molecule has 0 heterocycles. The first-order valence-corrected chi connectivity index (χ1v) is 6.67. The lowest BCUT2D eigenvalue weighted by molar-refractivity contribution is 0.199. The second-order valence-corrected chi connectivity index (χ2v) is 4.49. The molecular weight excluding hydrogens is 296 g/mol. The van der Waals surface area contributed by atoms with E-state index in [1.165, 1.54) is 5.56 Å². The van der Waals surface area contributed by atoms with Crippen molar-refractivity contribution in [1.29, 1.82) is 0 Å². The second kappa shape index (κ2) is 13.0. The van der Waals surface area contributed by atoms with E-state index in [0.717, 1.165) is 24.2 Å². The first-order valence-electron chi connectivity index (χ1n) is 5.87. The molecule has 0 fully saturated rings. The Morgan fingerprint density at radius 2 is 1.72 bits per heavy atom. The van der Waals surface area contributed by atoms with Crippen LogP contribution in [0.25, 0.3) is 0 Å². The lowest BCUT2D eigenvalue weighted by atomic mass is 10.2. The summed E-state index contributed by atoms with van der Waals surface area (Å²) in [7, 11) is 3.34. The maximum Gasteiger partial charge on any atom is 0.0587 e. The molecule has 0 aliphatic heterocycles. The molecule has 5 heteroatoms. The average molecular weight is 319 g/mol. The van der Waals surface area contributed by atoms with Gasteiger partial charge in [-0.05, 0) is 17.7 Å². The molecule has 0 spiro atoms. The number of benzene rings is 1. The molecule has 3 N–H and O–H groups in total. The van der Waals surface area contributed by atoms with Crippen LogP contribution >= 0.6 is 15.9 Å². The normalized spacial score (nSPS) is 9.78. The zero-order valence-corrected chi connectivity index (χ0v) is 12.7. The maximum atomic E-state index is 5.01. The van der Waals surface area contributed by atoms with Crippen molar-refractivity contribution in [1.82, 2.24) is 5.32 Å². The molecule has 18 heavy (non-hydrogen) atoms. The van der Waals surface area contributed by atoms with E-state index in [1.54, 1.807) is 14.2 Å². The van der Waals surface area contributed by atoms with Crippen LogP contribution in [0.1, 0.15) is 5.56 Å². The summed E-state index contributed by atoms with van der Waals surface area (Å²) < 4.78 is 10.6. The minimum absolute atomic E-state index is 0.622. The van der Waals surface area contributed by atoms with Crippen LogP contribution in [0.3, 0.4) is 0 Å². The highest BCUT2D eigenvalue weighted by Gasteiger charge is 1.91. The summed E-state index contributed by atoms with van der Waals surface area (Å²) in [5.74, 6) is 0. The predicted molar refractivity (Wildman–Crippen MR) is 78.7 cm³/mol. The number of halogens is 1. The number of hydrogen-bond donors (Lipinski definition) is 2. The van der Waals surface area contributed by atoms with Crippen molar-refractivity contribution in [3.8, 4) is 0 Å². The zero-order chi connectivity index (χ0) is 13.6. The predicted octanol–water partition coefficient (Wildman–Crippen LogP) is 1.78. The van der Waals surface area contributed by atoms with Crippen molar-refractivity contribution >= 4 is 15.9 Å². The number of ether oxygens (including phenoxy) is 2. The molecule has 4 nitrogen and oxygen atoms in total. The van der Waals surface area contributed by atoms with Gasteiger partial charge in [0.2, 0.25) is 0 Å². The van der Waals surface area contributed by atoms with Crippen LogP contribution in [0.4, 0.5) is 0 Å². The van der Waals surface area contributed by atoms with Gasteiger partial charge in [-0.3, -0.25) is 0 Å². The van der Waals surface area contributed by atoms with Gasteiger partial charge in [0.05, 0.1) is 13.2 Å². The number of nitrogens with one attached hydrogen (secondary N) is 1. The zero-order valence-electron chi connectivity index (χ0n) is 11.1. The molecule has 0 aromatic heterocycles. The standard InChI is InChI=1S/C10H14BrNO.C3H9NO/c1-13-7-6-12-8-9-2-4-10(11)5-3-9;1-5-3-2-4/h2-5,12H,6-8H2,1H3;2-4H2,1H3. The first kappa shape index (κ1) is 17.5. The average Bonchev–Trinajstić information content (AvgIpc) is 2.39. The number of hydrogen-bond acceptors (Lipinski definition) is 4. The van der Waals surface area contributed by atoms with Crippen molar-refractivity contribution in [2.24, 2.45) is 5.73 Å². The van der Waals surface area contributed by atoms with E-state index in [1.807, 2.05) is 12.1 Å². The van der Waals surface area contributed by atoms with Crippen LogP contribution in [-0.4, -0.2) is 40.5 Å². The molecule has 0 aliphatic carbocycles. The fraction of sp³-hybridized carbons (Fsp3) is 0.538. The summed E-state index contributed by atoms with van der Waals surface area (Å²) in [4.78, 5) is 0. The molecule has 0 unspecified atom stereocenters. The molecule has 104 valence electrons. The summed E-state index contributed by atoms with van der Waals surface area (Å²) in [6.45, 7) is 3.84. The Hall–Kier alpha value is -0.460. The van der Waals surface area contributed by atoms with Crippen LogP contribution in [0, 0.1) is 0 Å². The van der Waals surface area contributed by atoms with Crippen molar-refractivity contribution in [3.63, 3.8) is 0 Å². The van der Waals surface area contributed by atoms with Gasteiger partial charge in [-0.2, -0.15) is 0 Å². The van der Waals surface area contributed by atoms with Crippen molar-refractivity contribution < 1.29 is 9.47 Å². The number of nitrogens with two attached hydrogens (primary N) is 1. The Morgan fingerprint density at radius 3 is 2.17 bits per heavy atom. The first-order chi connectivity index (χ1) is 8.74. The van der Waals surface area contributed by atoms with Crippen molar-refractivity contribution in [2.75, 3.05) is 40.5 Å². The third-order valence-electron chi connectivity index (χ3n) is 2.05. The molecule has 0 amide bonds. The van der Waals surface area contributed by atoms with Crippen LogP contribution in [0.2, 0.25) is 0 Å². The molecule has 1 aromatic carbocycles. The highest BCUT2D eigenvalue weighted by Crippen LogP contribution is 2.09. The van der Waals surface area contributed by atoms with Crippen LogP contribution in [-0.2, 0) is 16.0 Å². The molecule has 0 saturated heterocycles. The van der Waals surface area contributed by atoms with Gasteiger partial charge in [-0.1, -0.05) is 28.1 Å². The highest BCUT2D eigenvalue weighted by molar-refractivity contribution is 9.10. The van der Waals surface area contributed by atoms with Gasteiger partial charge in [-0.25, -0.2) is 0 Å². The SMILES string of the molecule is COCCN.COCCNCc1ccc(Br)cc1. The van der Waals surface area contributed by atoms with Gasteiger partial charge in [0.25, 0.3) is 0 Å². The highest BCUT2D eigenvalue weighted by atomic mass is 79.9. The van der Waals surface area contributed by atoms with E-state index in [9.17, 15) is 0 Å². The largest absolute Gasteiger partial charge is 0.383 e. The van der Waals surface area contributed by atoms with Crippen molar-refractivity contribution in [2.45, 2.75) is 6.54 Å². The van der Waals surface area contributed by atoms with Gasteiger partial charge in [0, 0.05) is 38.3 Å². The van der Waals surface area contributed by atoms with Crippen LogP contribution in [0.15, 0.2) is 28.7 Å². The molecule has 0 radical (unpaired) electrons. The van der Waals surface area contributed by atoms with E-state index in [-0.39, 0.29) is 0 Å². The van der Waals surface area contributed by atoms with Gasteiger partial charge in [-0.15, -0.1) is 0 Å². The topological polar surface area (TPSA) is 56.5 Å². The summed E-state index contributed by atoms with van der Waals surface area (Å²) >= 11 is 3.40. The number of methoxy groups -OCH3 is 2. The second-order valence-electron chi connectivity index (χ2n) is 3.58. The Bertz CT molecular complexity index is 279. The summed E-state index contributed by atoms with van der Waals surface area (Å²) in [6.07, 6.45) is 0. The summed E-state index contributed by atoms with van der Waals surface area (Å²) in [6, 6.07) is 8.30. The van der Waals surface area contributed by atoms with Crippen LogP contribution < -0.4 is 11.1 Å². The fourth-order valence-corrected chi connectivity index (χ4v) is 1.39. The lowest BCUT2D eigenvalue weighted by Gasteiger charge is -2.03. The number of rotatable bonds is 7. The fourth-order valence-electron chi connectivity index (χ4n) is 1.13. The summed E-state index contributed by atoms with van der Waals surface area (Å²) in [5.41, 5.74) is 6.31. The van der Waals surface area contributed by atoms with E-state index >= 15 is 0 Å². The van der Waals surface area contributed by atoms with Crippen molar-refractivity contribution in [3.05, 3.63) is 34.3 Å². The van der Waals surface area contributed by atoms with Gasteiger partial charge >= 0.3 is 0 Å². The minimum atomic E-state index is 0.622. The monoisotopic (exact) mass is 318 g/mol.